The fourth-order valence-electron chi connectivity index (χ4n) is 2.01. The number of aliphatic hydroxyl groups is 1. The summed E-state index contributed by atoms with van der Waals surface area (Å²) >= 11 is 3.19. The molecule has 0 bridgehead atoms. The van der Waals surface area contributed by atoms with Gasteiger partial charge in [-0.1, -0.05) is 0 Å². The third kappa shape index (κ3) is 3.45. The first-order valence-corrected chi connectivity index (χ1v) is 6.85. The molecule has 104 valence electrons. The summed E-state index contributed by atoms with van der Waals surface area (Å²) in [5.41, 5.74) is 0. The summed E-state index contributed by atoms with van der Waals surface area (Å²) in [5, 5.41) is 9.41. The molecule has 1 aromatic rings. The zero-order valence-corrected chi connectivity index (χ0v) is 12.1. The molecule has 2 atom stereocenters. The molecule has 1 aliphatic heterocycles. The normalized spacial score (nSPS) is 20.4. The molecule has 6 heteroatoms. The van der Waals surface area contributed by atoms with Crippen LogP contribution in [0.25, 0.3) is 0 Å². The minimum absolute atomic E-state index is 0.173. The van der Waals surface area contributed by atoms with Gasteiger partial charge in [-0.2, -0.15) is 0 Å². The second-order valence-electron chi connectivity index (χ2n) is 4.56. The van der Waals surface area contributed by atoms with Crippen molar-refractivity contribution in [3.05, 3.63) is 28.5 Å². The van der Waals surface area contributed by atoms with Gasteiger partial charge in [-0.3, -0.25) is 4.79 Å². The fraction of sp³-hybridized carbons (Fsp3) is 0.462. The van der Waals surface area contributed by atoms with Crippen LogP contribution in [0.15, 0.2) is 22.7 Å². The number of hydrogen-bond acceptors (Lipinski definition) is 3. The van der Waals surface area contributed by atoms with Crippen LogP contribution in [0.4, 0.5) is 4.39 Å². The molecule has 1 N–H and O–H groups in total. The van der Waals surface area contributed by atoms with Crippen LogP contribution >= 0.6 is 15.9 Å². The maximum Gasteiger partial charge on any atom is 0.263 e. The van der Waals surface area contributed by atoms with Crippen LogP contribution in [0.2, 0.25) is 0 Å². The van der Waals surface area contributed by atoms with Crippen LogP contribution in [0.3, 0.4) is 0 Å². The number of nitrogens with zero attached hydrogens (tertiary/aromatic N) is 1. The number of halogens is 2. The number of hydrogen-bond donors (Lipinski definition) is 1. The van der Waals surface area contributed by atoms with Gasteiger partial charge in [-0.15, -0.1) is 0 Å². The van der Waals surface area contributed by atoms with Crippen molar-refractivity contribution in [3.8, 4) is 5.75 Å². The summed E-state index contributed by atoms with van der Waals surface area (Å²) in [6, 6.07) is 4.03. The van der Waals surface area contributed by atoms with Gasteiger partial charge < -0.3 is 14.7 Å². The highest BCUT2D eigenvalue weighted by Crippen LogP contribution is 2.26. The standard InChI is InChI=1S/C13H15BrFNO3/c1-8(13(18)16-5-4-10(17)7-16)19-12-3-2-9(15)6-11(12)14/h2-3,6,8,10,17H,4-5,7H2,1H3/t8?,10-/m1/s1. The number of ether oxygens (including phenoxy) is 1. The number of benzene rings is 1. The molecule has 1 fully saturated rings. The van der Waals surface area contributed by atoms with Gasteiger partial charge in [0.2, 0.25) is 0 Å². The van der Waals surface area contributed by atoms with Crippen molar-refractivity contribution in [3.63, 3.8) is 0 Å². The minimum Gasteiger partial charge on any atom is -0.480 e. The lowest BCUT2D eigenvalue weighted by Crippen LogP contribution is -2.39. The van der Waals surface area contributed by atoms with Gasteiger partial charge in [-0.25, -0.2) is 4.39 Å². The lowest BCUT2D eigenvalue weighted by molar-refractivity contribution is -0.137. The second kappa shape index (κ2) is 5.88. The van der Waals surface area contributed by atoms with E-state index in [0.717, 1.165) is 0 Å². The quantitative estimate of drug-likeness (QED) is 0.920. The van der Waals surface area contributed by atoms with Crippen LogP contribution in [0.5, 0.6) is 5.75 Å². The van der Waals surface area contributed by atoms with Crippen molar-refractivity contribution in [2.75, 3.05) is 13.1 Å². The van der Waals surface area contributed by atoms with E-state index in [0.29, 0.717) is 29.7 Å². The van der Waals surface area contributed by atoms with E-state index in [1.807, 2.05) is 0 Å². The number of carbonyl (C=O) groups is 1. The Morgan fingerprint density at radius 2 is 2.37 bits per heavy atom. The zero-order chi connectivity index (χ0) is 14.0. The molecule has 0 radical (unpaired) electrons. The molecule has 4 nitrogen and oxygen atoms in total. The van der Waals surface area contributed by atoms with Gasteiger partial charge in [0.1, 0.15) is 11.6 Å². The van der Waals surface area contributed by atoms with Crippen molar-refractivity contribution in [2.24, 2.45) is 0 Å². The summed E-state index contributed by atoms with van der Waals surface area (Å²) in [6.45, 7) is 2.53. The second-order valence-corrected chi connectivity index (χ2v) is 5.42. The third-order valence-corrected chi connectivity index (χ3v) is 3.64. The van der Waals surface area contributed by atoms with Crippen molar-refractivity contribution < 1.29 is 19.0 Å². The molecule has 1 aliphatic rings. The first-order chi connectivity index (χ1) is 8.97. The lowest BCUT2D eigenvalue weighted by Gasteiger charge is -2.21. The Hall–Kier alpha value is -1.14. The lowest BCUT2D eigenvalue weighted by atomic mass is 10.3. The molecular weight excluding hydrogens is 317 g/mol. The number of likely N-dealkylation sites (tertiary alicyclic amines) is 1. The van der Waals surface area contributed by atoms with E-state index in [4.69, 9.17) is 4.74 Å². The third-order valence-electron chi connectivity index (χ3n) is 3.02. The SMILES string of the molecule is CC(Oc1ccc(F)cc1Br)C(=O)N1CC[C@@H](O)C1. The highest BCUT2D eigenvalue weighted by atomic mass is 79.9. The molecule has 0 saturated carbocycles. The molecule has 0 aromatic heterocycles. The van der Waals surface area contributed by atoms with Gasteiger partial charge in [0.15, 0.2) is 6.10 Å². The summed E-state index contributed by atoms with van der Waals surface area (Å²) in [7, 11) is 0. The fourth-order valence-corrected chi connectivity index (χ4v) is 2.46. The molecule has 1 heterocycles. The molecular formula is C13H15BrFNO3. The Morgan fingerprint density at radius 3 is 2.95 bits per heavy atom. The molecule has 2 rings (SSSR count). The highest BCUT2D eigenvalue weighted by Gasteiger charge is 2.29. The predicted molar refractivity (Wildman–Crippen MR) is 71.4 cm³/mol. The number of aliphatic hydroxyl groups excluding tert-OH is 1. The van der Waals surface area contributed by atoms with Gasteiger partial charge >= 0.3 is 0 Å². The molecule has 0 spiro atoms. The van der Waals surface area contributed by atoms with Crippen LogP contribution < -0.4 is 4.74 Å². The molecule has 1 unspecified atom stereocenters. The first kappa shape index (κ1) is 14.3. The highest BCUT2D eigenvalue weighted by molar-refractivity contribution is 9.10. The van der Waals surface area contributed by atoms with Crippen molar-refractivity contribution in [2.45, 2.75) is 25.6 Å². The Labute approximate surface area is 119 Å². The van der Waals surface area contributed by atoms with Crippen LogP contribution in [-0.4, -0.2) is 41.2 Å². The monoisotopic (exact) mass is 331 g/mol. The summed E-state index contributed by atoms with van der Waals surface area (Å²) < 4.78 is 18.9. The average Bonchev–Trinajstić information content (AvgIpc) is 2.78. The number of carbonyl (C=O) groups excluding carboxylic acids is 1. The first-order valence-electron chi connectivity index (χ1n) is 6.06. The maximum atomic E-state index is 12.9. The smallest absolute Gasteiger partial charge is 0.263 e. The Kier molecular flexibility index (Phi) is 4.42. The molecule has 1 amide bonds. The molecule has 1 aromatic carbocycles. The number of rotatable bonds is 3. The van der Waals surface area contributed by atoms with Crippen molar-refractivity contribution >= 4 is 21.8 Å². The van der Waals surface area contributed by atoms with Gasteiger partial charge in [0.25, 0.3) is 5.91 Å². The van der Waals surface area contributed by atoms with E-state index < -0.39 is 12.2 Å². The van der Waals surface area contributed by atoms with E-state index in [2.05, 4.69) is 15.9 Å². The van der Waals surface area contributed by atoms with E-state index in [1.54, 1.807) is 11.8 Å². The predicted octanol–water partition coefficient (Wildman–Crippen LogP) is 1.95. The van der Waals surface area contributed by atoms with Gasteiger partial charge in [0.05, 0.1) is 10.6 Å². The van der Waals surface area contributed by atoms with E-state index >= 15 is 0 Å². The summed E-state index contributed by atoms with van der Waals surface area (Å²) in [6.07, 6.45) is -0.528. The minimum atomic E-state index is -0.674. The van der Waals surface area contributed by atoms with Crippen LogP contribution in [0, 0.1) is 5.82 Å². The molecule has 0 aliphatic carbocycles. The van der Waals surface area contributed by atoms with Crippen molar-refractivity contribution in [1.82, 2.24) is 4.90 Å². The van der Waals surface area contributed by atoms with Crippen molar-refractivity contribution in [1.29, 1.82) is 0 Å². The molecule has 19 heavy (non-hydrogen) atoms. The number of β-amino-alcohol motifs (C(OH)–C–C–N with tert-alkyl or cyclic N) is 1. The Balaban J connectivity index is 2.00. The topological polar surface area (TPSA) is 49.8 Å². The average molecular weight is 332 g/mol. The Morgan fingerprint density at radius 1 is 1.63 bits per heavy atom. The van der Waals surface area contributed by atoms with E-state index in [9.17, 15) is 14.3 Å². The largest absolute Gasteiger partial charge is 0.480 e. The van der Waals surface area contributed by atoms with E-state index in [1.165, 1.54) is 18.2 Å². The number of amides is 1. The van der Waals surface area contributed by atoms with Crippen LogP contribution in [0.1, 0.15) is 13.3 Å². The molecule has 1 saturated heterocycles. The summed E-state index contributed by atoms with van der Waals surface area (Å²) in [5.74, 6) is -0.129. The van der Waals surface area contributed by atoms with Crippen LogP contribution in [-0.2, 0) is 4.79 Å². The van der Waals surface area contributed by atoms with E-state index in [-0.39, 0.29) is 11.7 Å². The maximum absolute atomic E-state index is 12.9. The zero-order valence-electron chi connectivity index (χ0n) is 10.5. The van der Waals surface area contributed by atoms with Gasteiger partial charge in [-0.05, 0) is 47.5 Å². The Bertz CT molecular complexity index is 483. The summed E-state index contributed by atoms with van der Waals surface area (Å²) in [4.78, 5) is 13.7. The van der Waals surface area contributed by atoms with Gasteiger partial charge in [0, 0.05) is 13.1 Å².